The Morgan fingerprint density at radius 3 is 2.68 bits per heavy atom. The molecule has 1 aromatic carbocycles. The van der Waals surface area contributed by atoms with E-state index in [2.05, 4.69) is 42.6 Å². The van der Waals surface area contributed by atoms with Gasteiger partial charge in [0.25, 0.3) is 0 Å². The first-order chi connectivity index (χ1) is 9.04. The molecule has 0 radical (unpaired) electrons. The lowest BCUT2D eigenvalue weighted by Crippen LogP contribution is -2.23. The summed E-state index contributed by atoms with van der Waals surface area (Å²) in [6.45, 7) is 9.40. The molecule has 104 valence electrons. The Kier molecular flexibility index (Phi) is 4.20. The first-order valence-corrected chi connectivity index (χ1v) is 6.95. The summed E-state index contributed by atoms with van der Waals surface area (Å²) in [4.78, 5) is 4.66. The average molecular weight is 263 g/mol. The molecule has 2 rings (SSSR count). The van der Waals surface area contributed by atoms with Gasteiger partial charge >= 0.3 is 0 Å². The van der Waals surface area contributed by atoms with Gasteiger partial charge in [-0.05, 0) is 51.9 Å². The fourth-order valence-electron chi connectivity index (χ4n) is 2.39. The quantitative estimate of drug-likeness (QED) is 0.888. The highest BCUT2D eigenvalue weighted by molar-refractivity contribution is 5.76. The van der Waals surface area contributed by atoms with Crippen molar-refractivity contribution in [2.75, 3.05) is 6.54 Å². The van der Waals surface area contributed by atoms with Gasteiger partial charge in [0, 0.05) is 6.04 Å². The van der Waals surface area contributed by atoms with Crippen molar-refractivity contribution in [1.29, 1.82) is 0 Å². The standard InChI is InChI=1S/C15H22FN3/c1-5-8-17-11(4)15-18-13-7-6-12(16)9-14(13)19(15)10(2)3/h6-7,9-11,17H,5,8H2,1-4H3. The molecule has 0 aliphatic heterocycles. The van der Waals surface area contributed by atoms with Gasteiger partial charge in [-0.15, -0.1) is 0 Å². The van der Waals surface area contributed by atoms with Crippen molar-refractivity contribution in [3.8, 4) is 0 Å². The lowest BCUT2D eigenvalue weighted by atomic mass is 10.2. The maximum atomic E-state index is 13.4. The van der Waals surface area contributed by atoms with Crippen LogP contribution in [0.4, 0.5) is 4.39 Å². The van der Waals surface area contributed by atoms with Crippen molar-refractivity contribution < 1.29 is 4.39 Å². The Bertz CT molecular complexity index is 560. The van der Waals surface area contributed by atoms with Crippen LogP contribution < -0.4 is 5.32 Å². The zero-order valence-electron chi connectivity index (χ0n) is 12.1. The third-order valence-electron chi connectivity index (χ3n) is 3.28. The predicted octanol–water partition coefficient (Wildman–Crippen LogP) is 3.82. The van der Waals surface area contributed by atoms with Gasteiger partial charge in [0.2, 0.25) is 0 Å². The zero-order valence-corrected chi connectivity index (χ0v) is 12.1. The van der Waals surface area contributed by atoms with Gasteiger partial charge in [0.1, 0.15) is 11.6 Å². The van der Waals surface area contributed by atoms with E-state index in [1.54, 1.807) is 12.1 Å². The van der Waals surface area contributed by atoms with Crippen LogP contribution in [0.2, 0.25) is 0 Å². The molecule has 1 unspecified atom stereocenters. The Balaban J connectivity index is 2.50. The van der Waals surface area contributed by atoms with Crippen molar-refractivity contribution in [2.24, 2.45) is 0 Å². The van der Waals surface area contributed by atoms with E-state index in [4.69, 9.17) is 0 Å². The summed E-state index contributed by atoms with van der Waals surface area (Å²) in [7, 11) is 0. The number of hydrogen-bond donors (Lipinski definition) is 1. The minimum atomic E-state index is -0.213. The zero-order chi connectivity index (χ0) is 14.0. The summed E-state index contributed by atoms with van der Waals surface area (Å²) < 4.78 is 15.6. The molecule has 0 spiro atoms. The summed E-state index contributed by atoms with van der Waals surface area (Å²) in [5, 5.41) is 3.44. The van der Waals surface area contributed by atoms with Crippen LogP contribution in [0.15, 0.2) is 18.2 Å². The van der Waals surface area contributed by atoms with E-state index >= 15 is 0 Å². The second-order valence-corrected chi connectivity index (χ2v) is 5.24. The van der Waals surface area contributed by atoms with E-state index in [-0.39, 0.29) is 17.9 Å². The largest absolute Gasteiger partial charge is 0.324 e. The first-order valence-electron chi connectivity index (χ1n) is 6.95. The van der Waals surface area contributed by atoms with Crippen LogP contribution >= 0.6 is 0 Å². The van der Waals surface area contributed by atoms with Crippen LogP contribution in [-0.2, 0) is 0 Å². The molecule has 2 aromatic rings. The predicted molar refractivity (Wildman–Crippen MR) is 76.8 cm³/mol. The lowest BCUT2D eigenvalue weighted by molar-refractivity contribution is 0.491. The van der Waals surface area contributed by atoms with E-state index in [1.807, 2.05) is 0 Å². The van der Waals surface area contributed by atoms with Gasteiger partial charge in [-0.1, -0.05) is 6.92 Å². The van der Waals surface area contributed by atoms with Crippen LogP contribution in [0.1, 0.15) is 52.0 Å². The number of halogens is 1. The maximum absolute atomic E-state index is 13.4. The highest BCUT2D eigenvalue weighted by atomic mass is 19.1. The number of nitrogens with zero attached hydrogens (tertiary/aromatic N) is 2. The Hall–Kier alpha value is -1.42. The number of hydrogen-bond acceptors (Lipinski definition) is 2. The van der Waals surface area contributed by atoms with E-state index in [1.165, 1.54) is 6.07 Å². The molecule has 19 heavy (non-hydrogen) atoms. The summed E-state index contributed by atoms with van der Waals surface area (Å²) in [6, 6.07) is 5.21. The van der Waals surface area contributed by atoms with Gasteiger partial charge < -0.3 is 9.88 Å². The van der Waals surface area contributed by atoms with Crippen LogP contribution in [0.25, 0.3) is 11.0 Å². The third-order valence-corrected chi connectivity index (χ3v) is 3.28. The third kappa shape index (κ3) is 2.78. The molecule has 0 aliphatic rings. The maximum Gasteiger partial charge on any atom is 0.127 e. The Morgan fingerprint density at radius 2 is 2.05 bits per heavy atom. The van der Waals surface area contributed by atoms with E-state index in [0.717, 1.165) is 29.8 Å². The number of aromatic nitrogens is 2. The normalized spacial score (nSPS) is 13.4. The number of imidazole rings is 1. The number of fused-ring (bicyclic) bond motifs is 1. The minimum absolute atomic E-state index is 0.165. The molecule has 3 nitrogen and oxygen atoms in total. The summed E-state index contributed by atoms with van der Waals surface area (Å²) >= 11 is 0. The molecule has 1 N–H and O–H groups in total. The lowest BCUT2D eigenvalue weighted by Gasteiger charge is -2.18. The van der Waals surface area contributed by atoms with Crippen molar-refractivity contribution >= 4 is 11.0 Å². The van der Waals surface area contributed by atoms with Gasteiger partial charge in [-0.25, -0.2) is 9.37 Å². The molecule has 0 fully saturated rings. The molecule has 0 saturated heterocycles. The van der Waals surface area contributed by atoms with Gasteiger partial charge in [0.05, 0.1) is 17.1 Å². The van der Waals surface area contributed by atoms with E-state index in [9.17, 15) is 4.39 Å². The van der Waals surface area contributed by atoms with Crippen molar-refractivity contribution in [3.63, 3.8) is 0 Å². The fraction of sp³-hybridized carbons (Fsp3) is 0.533. The van der Waals surface area contributed by atoms with Crippen LogP contribution in [0.3, 0.4) is 0 Å². The number of nitrogens with one attached hydrogen (secondary N) is 1. The van der Waals surface area contributed by atoms with Crippen molar-refractivity contribution in [1.82, 2.24) is 14.9 Å². The van der Waals surface area contributed by atoms with Crippen molar-refractivity contribution in [3.05, 3.63) is 29.8 Å². The minimum Gasteiger partial charge on any atom is -0.324 e. The smallest absolute Gasteiger partial charge is 0.127 e. The molecular weight excluding hydrogens is 241 g/mol. The van der Waals surface area contributed by atoms with Gasteiger partial charge in [-0.2, -0.15) is 0 Å². The summed E-state index contributed by atoms with van der Waals surface area (Å²) in [6.07, 6.45) is 1.08. The Morgan fingerprint density at radius 1 is 1.32 bits per heavy atom. The van der Waals surface area contributed by atoms with Crippen LogP contribution in [0.5, 0.6) is 0 Å². The molecule has 1 aromatic heterocycles. The molecule has 0 aliphatic carbocycles. The van der Waals surface area contributed by atoms with Crippen LogP contribution in [-0.4, -0.2) is 16.1 Å². The molecule has 1 heterocycles. The molecule has 0 saturated carbocycles. The van der Waals surface area contributed by atoms with Crippen LogP contribution in [0, 0.1) is 5.82 Å². The average Bonchev–Trinajstić information content (AvgIpc) is 2.74. The van der Waals surface area contributed by atoms with E-state index in [0.29, 0.717) is 0 Å². The van der Waals surface area contributed by atoms with Crippen molar-refractivity contribution in [2.45, 2.75) is 46.2 Å². The molecular formula is C15H22FN3. The highest BCUT2D eigenvalue weighted by Gasteiger charge is 2.18. The molecule has 0 amide bonds. The SMILES string of the molecule is CCCNC(C)c1nc2ccc(F)cc2n1C(C)C. The summed E-state index contributed by atoms with van der Waals surface area (Å²) in [5.41, 5.74) is 1.73. The molecule has 4 heteroatoms. The Labute approximate surface area is 113 Å². The van der Waals surface area contributed by atoms with E-state index < -0.39 is 0 Å². The first kappa shape index (κ1) is 14.0. The molecule has 0 bridgehead atoms. The monoisotopic (exact) mass is 263 g/mol. The number of rotatable bonds is 5. The van der Waals surface area contributed by atoms with Gasteiger partial charge in [0.15, 0.2) is 0 Å². The molecule has 1 atom stereocenters. The topological polar surface area (TPSA) is 29.9 Å². The summed E-state index contributed by atoms with van der Waals surface area (Å²) in [5.74, 6) is 0.763. The second kappa shape index (κ2) is 5.70. The highest BCUT2D eigenvalue weighted by Crippen LogP contribution is 2.25. The number of benzene rings is 1. The second-order valence-electron chi connectivity index (χ2n) is 5.24. The van der Waals surface area contributed by atoms with Gasteiger partial charge in [-0.3, -0.25) is 0 Å². The fourth-order valence-corrected chi connectivity index (χ4v) is 2.39.